The molecule has 0 radical (unpaired) electrons. The van der Waals surface area contributed by atoms with Crippen LogP contribution in [0.25, 0.3) is 11.5 Å². The van der Waals surface area contributed by atoms with Gasteiger partial charge in [0.05, 0.1) is 17.5 Å². The quantitative estimate of drug-likeness (QED) is 0.800. The molecule has 0 aromatic carbocycles. The van der Waals surface area contributed by atoms with E-state index < -0.39 is 0 Å². The molecule has 0 amide bonds. The van der Waals surface area contributed by atoms with Crippen LogP contribution in [0.5, 0.6) is 0 Å². The highest BCUT2D eigenvalue weighted by atomic mass is 16.4. The van der Waals surface area contributed by atoms with Crippen molar-refractivity contribution >= 4 is 0 Å². The lowest BCUT2D eigenvalue weighted by Gasteiger charge is -1.94. The summed E-state index contributed by atoms with van der Waals surface area (Å²) in [6.07, 6.45) is 1.75. The minimum atomic E-state index is 0.397. The van der Waals surface area contributed by atoms with Gasteiger partial charge in [-0.25, -0.2) is 4.98 Å². The van der Waals surface area contributed by atoms with Gasteiger partial charge in [-0.15, -0.1) is 0 Å². The first-order chi connectivity index (χ1) is 7.13. The average Bonchev–Trinajstić information content (AvgIpc) is 2.72. The van der Waals surface area contributed by atoms with E-state index in [1.165, 1.54) is 0 Å². The molecule has 0 saturated carbocycles. The van der Waals surface area contributed by atoms with Gasteiger partial charge in [-0.05, 0) is 13.8 Å². The van der Waals surface area contributed by atoms with Crippen molar-refractivity contribution in [3.63, 3.8) is 0 Å². The molecule has 0 aliphatic carbocycles. The first-order valence-corrected chi connectivity index (χ1v) is 4.78. The molecular formula is C10H14N4O. The van der Waals surface area contributed by atoms with Crippen molar-refractivity contribution in [2.75, 3.05) is 0 Å². The van der Waals surface area contributed by atoms with Gasteiger partial charge in [0.15, 0.2) is 0 Å². The molecular weight excluding hydrogens is 192 g/mol. The highest BCUT2D eigenvalue weighted by Gasteiger charge is 2.14. The smallest absolute Gasteiger partial charge is 0.230 e. The number of oxazole rings is 1. The van der Waals surface area contributed by atoms with Crippen LogP contribution in [0, 0.1) is 13.8 Å². The Labute approximate surface area is 87.9 Å². The maximum absolute atomic E-state index is 5.54. The van der Waals surface area contributed by atoms with Crippen molar-refractivity contribution in [3.05, 3.63) is 23.3 Å². The Morgan fingerprint density at radius 1 is 1.47 bits per heavy atom. The second-order valence-electron chi connectivity index (χ2n) is 3.49. The van der Waals surface area contributed by atoms with Crippen LogP contribution in [-0.2, 0) is 13.6 Å². The van der Waals surface area contributed by atoms with E-state index in [0.717, 1.165) is 22.7 Å². The number of aryl methyl sites for hydroxylation is 2. The summed E-state index contributed by atoms with van der Waals surface area (Å²) in [4.78, 5) is 4.33. The van der Waals surface area contributed by atoms with Crippen molar-refractivity contribution < 1.29 is 4.42 Å². The van der Waals surface area contributed by atoms with Crippen LogP contribution in [0.1, 0.15) is 17.1 Å². The molecule has 5 heteroatoms. The standard InChI is InChI=1S/C10H14N4O/c1-6-8(5-12-14(6)3)10-13-9(4-11)7(2)15-10/h5H,4,11H2,1-3H3. The van der Waals surface area contributed by atoms with Gasteiger partial charge in [0, 0.05) is 19.3 Å². The van der Waals surface area contributed by atoms with E-state index in [4.69, 9.17) is 10.2 Å². The van der Waals surface area contributed by atoms with Crippen LogP contribution in [0.15, 0.2) is 10.6 Å². The first-order valence-electron chi connectivity index (χ1n) is 4.78. The highest BCUT2D eigenvalue weighted by molar-refractivity contribution is 5.55. The molecule has 0 aliphatic rings. The Morgan fingerprint density at radius 3 is 2.67 bits per heavy atom. The maximum Gasteiger partial charge on any atom is 0.230 e. The molecule has 0 bridgehead atoms. The van der Waals surface area contributed by atoms with Crippen LogP contribution in [0.3, 0.4) is 0 Å². The van der Waals surface area contributed by atoms with E-state index >= 15 is 0 Å². The summed E-state index contributed by atoms with van der Waals surface area (Å²) >= 11 is 0. The summed E-state index contributed by atoms with van der Waals surface area (Å²) in [6.45, 7) is 4.24. The lowest BCUT2D eigenvalue weighted by atomic mass is 10.2. The van der Waals surface area contributed by atoms with Crippen LogP contribution < -0.4 is 5.73 Å². The Bertz CT molecular complexity index is 484. The molecule has 2 rings (SSSR count). The minimum Gasteiger partial charge on any atom is -0.441 e. The van der Waals surface area contributed by atoms with E-state index in [-0.39, 0.29) is 0 Å². The van der Waals surface area contributed by atoms with Gasteiger partial charge in [-0.2, -0.15) is 5.10 Å². The third kappa shape index (κ3) is 1.55. The SMILES string of the molecule is Cc1oc(-c2cnn(C)c2C)nc1CN. The second-order valence-corrected chi connectivity index (χ2v) is 3.49. The van der Waals surface area contributed by atoms with Gasteiger partial charge in [0.2, 0.25) is 5.89 Å². The first kappa shape index (κ1) is 9.92. The molecule has 5 nitrogen and oxygen atoms in total. The van der Waals surface area contributed by atoms with Crippen LogP contribution in [0.2, 0.25) is 0 Å². The molecule has 0 saturated heterocycles. The number of hydrogen-bond acceptors (Lipinski definition) is 4. The number of nitrogens with two attached hydrogens (primary N) is 1. The normalized spacial score (nSPS) is 10.9. The molecule has 2 N–H and O–H groups in total. The third-order valence-electron chi connectivity index (χ3n) is 2.55. The van der Waals surface area contributed by atoms with Crippen molar-refractivity contribution in [1.29, 1.82) is 0 Å². The number of nitrogens with zero attached hydrogens (tertiary/aromatic N) is 3. The predicted molar refractivity (Wildman–Crippen MR) is 56.1 cm³/mol. The summed E-state index contributed by atoms with van der Waals surface area (Å²) in [5.74, 6) is 1.37. The Kier molecular flexibility index (Phi) is 2.32. The van der Waals surface area contributed by atoms with E-state index in [2.05, 4.69) is 10.1 Å². The Morgan fingerprint density at radius 2 is 2.20 bits per heavy atom. The lowest BCUT2D eigenvalue weighted by molar-refractivity contribution is 0.539. The summed E-state index contributed by atoms with van der Waals surface area (Å²) in [5, 5.41) is 4.14. The number of hydrogen-bond donors (Lipinski definition) is 1. The topological polar surface area (TPSA) is 69.9 Å². The molecule has 80 valence electrons. The average molecular weight is 206 g/mol. The van der Waals surface area contributed by atoms with Crippen molar-refractivity contribution in [1.82, 2.24) is 14.8 Å². The highest BCUT2D eigenvalue weighted by Crippen LogP contribution is 2.23. The monoisotopic (exact) mass is 206 g/mol. The predicted octanol–water partition coefficient (Wildman–Crippen LogP) is 1.15. The molecule has 2 aromatic heterocycles. The molecule has 15 heavy (non-hydrogen) atoms. The zero-order valence-corrected chi connectivity index (χ0v) is 9.11. The zero-order chi connectivity index (χ0) is 11.0. The third-order valence-corrected chi connectivity index (χ3v) is 2.55. The fourth-order valence-electron chi connectivity index (χ4n) is 1.44. The lowest BCUT2D eigenvalue weighted by Crippen LogP contribution is -1.98. The molecule has 0 aliphatic heterocycles. The van der Waals surface area contributed by atoms with Gasteiger partial charge in [-0.1, -0.05) is 0 Å². The molecule has 2 heterocycles. The molecule has 0 spiro atoms. The van der Waals surface area contributed by atoms with Crippen molar-refractivity contribution in [2.24, 2.45) is 12.8 Å². The molecule has 0 unspecified atom stereocenters. The largest absolute Gasteiger partial charge is 0.441 e. The summed E-state index contributed by atoms with van der Waals surface area (Å²) in [6, 6.07) is 0. The molecule has 0 fully saturated rings. The number of rotatable bonds is 2. The minimum absolute atomic E-state index is 0.397. The zero-order valence-electron chi connectivity index (χ0n) is 9.11. The fraction of sp³-hybridized carbons (Fsp3) is 0.400. The van der Waals surface area contributed by atoms with E-state index in [9.17, 15) is 0 Å². The van der Waals surface area contributed by atoms with Gasteiger partial charge in [0.25, 0.3) is 0 Å². The summed E-state index contributed by atoms with van der Waals surface area (Å²) in [5.41, 5.74) is 8.29. The van der Waals surface area contributed by atoms with Gasteiger partial charge in [-0.3, -0.25) is 4.68 Å². The molecule has 2 aromatic rings. The summed E-state index contributed by atoms with van der Waals surface area (Å²) < 4.78 is 7.33. The summed E-state index contributed by atoms with van der Waals surface area (Å²) in [7, 11) is 1.89. The van der Waals surface area contributed by atoms with Crippen LogP contribution in [-0.4, -0.2) is 14.8 Å². The van der Waals surface area contributed by atoms with E-state index in [1.54, 1.807) is 10.9 Å². The van der Waals surface area contributed by atoms with E-state index in [1.807, 2.05) is 20.9 Å². The van der Waals surface area contributed by atoms with E-state index in [0.29, 0.717) is 12.4 Å². The van der Waals surface area contributed by atoms with Gasteiger partial charge in [0.1, 0.15) is 5.76 Å². The maximum atomic E-state index is 5.54. The van der Waals surface area contributed by atoms with Crippen LogP contribution in [0.4, 0.5) is 0 Å². The van der Waals surface area contributed by atoms with Crippen LogP contribution >= 0.6 is 0 Å². The molecule has 0 atom stereocenters. The van der Waals surface area contributed by atoms with Crippen molar-refractivity contribution in [2.45, 2.75) is 20.4 Å². The Hall–Kier alpha value is -1.62. The fourth-order valence-corrected chi connectivity index (χ4v) is 1.44. The Balaban J connectivity index is 2.50. The van der Waals surface area contributed by atoms with Crippen molar-refractivity contribution in [3.8, 4) is 11.5 Å². The van der Waals surface area contributed by atoms with Gasteiger partial charge >= 0.3 is 0 Å². The number of aromatic nitrogens is 3. The second kappa shape index (κ2) is 3.51. The van der Waals surface area contributed by atoms with Gasteiger partial charge < -0.3 is 10.2 Å².